The summed E-state index contributed by atoms with van der Waals surface area (Å²) in [5, 5.41) is 9.80. The zero-order valence-corrected chi connectivity index (χ0v) is 14.0. The standard InChI is InChI=1S/C18H29NO2/c1-13(2)8-10-19(11-9-14(3)4)18(21)16-7-6-15(5)17(20)12-16/h6-7,12-14,20H,8-11H2,1-5H3. The van der Waals surface area contributed by atoms with Gasteiger partial charge in [0.2, 0.25) is 0 Å². The minimum absolute atomic E-state index is 0.0200. The summed E-state index contributed by atoms with van der Waals surface area (Å²) in [5.41, 5.74) is 1.37. The Balaban J connectivity index is 2.83. The van der Waals surface area contributed by atoms with Crippen LogP contribution in [0.1, 0.15) is 56.5 Å². The molecule has 118 valence electrons. The second-order valence-electron chi connectivity index (χ2n) is 6.66. The maximum absolute atomic E-state index is 12.6. The van der Waals surface area contributed by atoms with E-state index < -0.39 is 0 Å². The number of carbonyl (C=O) groups excluding carboxylic acids is 1. The number of nitrogens with zero attached hydrogens (tertiary/aromatic N) is 1. The Morgan fingerprint density at radius 3 is 2.05 bits per heavy atom. The lowest BCUT2D eigenvalue weighted by Crippen LogP contribution is -2.34. The van der Waals surface area contributed by atoms with E-state index in [1.165, 1.54) is 0 Å². The lowest BCUT2D eigenvalue weighted by atomic mass is 10.1. The van der Waals surface area contributed by atoms with Gasteiger partial charge in [-0.05, 0) is 49.3 Å². The zero-order valence-electron chi connectivity index (χ0n) is 14.0. The summed E-state index contributed by atoms with van der Waals surface area (Å²) in [4.78, 5) is 14.6. The molecule has 0 radical (unpaired) electrons. The van der Waals surface area contributed by atoms with E-state index in [1.54, 1.807) is 18.2 Å². The summed E-state index contributed by atoms with van der Waals surface area (Å²) in [6, 6.07) is 5.18. The molecule has 0 fully saturated rings. The van der Waals surface area contributed by atoms with Crippen molar-refractivity contribution in [1.29, 1.82) is 0 Å². The van der Waals surface area contributed by atoms with Crippen molar-refractivity contribution in [3.05, 3.63) is 29.3 Å². The lowest BCUT2D eigenvalue weighted by molar-refractivity contribution is 0.0740. The largest absolute Gasteiger partial charge is 0.508 e. The molecule has 0 aliphatic carbocycles. The van der Waals surface area contributed by atoms with Gasteiger partial charge in [-0.3, -0.25) is 4.79 Å². The Bertz CT molecular complexity index is 454. The van der Waals surface area contributed by atoms with Crippen LogP contribution in [0.15, 0.2) is 18.2 Å². The molecule has 1 amide bonds. The molecule has 0 heterocycles. The van der Waals surface area contributed by atoms with Crippen LogP contribution in [0.3, 0.4) is 0 Å². The molecule has 1 aromatic rings. The van der Waals surface area contributed by atoms with E-state index in [2.05, 4.69) is 27.7 Å². The quantitative estimate of drug-likeness (QED) is 0.816. The van der Waals surface area contributed by atoms with E-state index in [1.807, 2.05) is 11.8 Å². The third-order valence-corrected chi connectivity index (χ3v) is 3.70. The number of aryl methyl sites for hydroxylation is 1. The molecule has 3 nitrogen and oxygen atoms in total. The maximum atomic E-state index is 12.6. The Hall–Kier alpha value is -1.51. The summed E-state index contributed by atoms with van der Waals surface area (Å²) in [7, 11) is 0. The van der Waals surface area contributed by atoms with Gasteiger partial charge < -0.3 is 10.0 Å². The zero-order chi connectivity index (χ0) is 16.0. The normalized spacial score (nSPS) is 11.2. The lowest BCUT2D eigenvalue weighted by Gasteiger charge is -2.25. The number of phenolic OH excluding ortho intramolecular Hbond substituents is 1. The molecular weight excluding hydrogens is 262 g/mol. The molecular formula is C18H29NO2. The monoisotopic (exact) mass is 291 g/mol. The van der Waals surface area contributed by atoms with Crippen molar-refractivity contribution in [1.82, 2.24) is 4.90 Å². The number of benzene rings is 1. The second kappa shape index (κ2) is 8.06. The van der Waals surface area contributed by atoms with Crippen LogP contribution in [0, 0.1) is 18.8 Å². The van der Waals surface area contributed by atoms with Gasteiger partial charge in [0, 0.05) is 18.7 Å². The van der Waals surface area contributed by atoms with Gasteiger partial charge in [-0.25, -0.2) is 0 Å². The van der Waals surface area contributed by atoms with Crippen molar-refractivity contribution in [3.8, 4) is 5.75 Å². The topological polar surface area (TPSA) is 40.5 Å². The summed E-state index contributed by atoms with van der Waals surface area (Å²) in [6.07, 6.45) is 2.00. The van der Waals surface area contributed by atoms with Crippen molar-refractivity contribution >= 4 is 5.91 Å². The summed E-state index contributed by atoms with van der Waals surface area (Å²) >= 11 is 0. The molecule has 0 atom stereocenters. The van der Waals surface area contributed by atoms with Crippen LogP contribution in [-0.4, -0.2) is 29.0 Å². The van der Waals surface area contributed by atoms with E-state index in [4.69, 9.17) is 0 Å². The van der Waals surface area contributed by atoms with Gasteiger partial charge in [0.1, 0.15) is 5.75 Å². The first-order valence-corrected chi connectivity index (χ1v) is 7.90. The minimum Gasteiger partial charge on any atom is -0.508 e. The van der Waals surface area contributed by atoms with Crippen LogP contribution in [-0.2, 0) is 0 Å². The number of rotatable bonds is 7. The molecule has 1 N–H and O–H groups in total. The second-order valence-corrected chi connectivity index (χ2v) is 6.66. The molecule has 0 aliphatic heterocycles. The first kappa shape index (κ1) is 17.5. The van der Waals surface area contributed by atoms with Crippen molar-refractivity contribution < 1.29 is 9.90 Å². The van der Waals surface area contributed by atoms with Crippen molar-refractivity contribution in [2.24, 2.45) is 11.8 Å². The average molecular weight is 291 g/mol. The van der Waals surface area contributed by atoms with Gasteiger partial charge in [-0.2, -0.15) is 0 Å². The molecule has 0 bridgehead atoms. The number of hydrogen-bond donors (Lipinski definition) is 1. The highest BCUT2D eigenvalue weighted by Crippen LogP contribution is 2.19. The van der Waals surface area contributed by atoms with Crippen LogP contribution < -0.4 is 0 Å². The third-order valence-electron chi connectivity index (χ3n) is 3.70. The van der Waals surface area contributed by atoms with Gasteiger partial charge >= 0.3 is 0 Å². The Morgan fingerprint density at radius 1 is 1.10 bits per heavy atom. The van der Waals surface area contributed by atoms with Gasteiger partial charge in [-0.15, -0.1) is 0 Å². The van der Waals surface area contributed by atoms with Crippen LogP contribution in [0.25, 0.3) is 0 Å². The summed E-state index contributed by atoms with van der Waals surface area (Å²) < 4.78 is 0. The number of aromatic hydroxyl groups is 1. The van der Waals surface area contributed by atoms with E-state index in [-0.39, 0.29) is 11.7 Å². The first-order chi connectivity index (χ1) is 9.81. The van der Waals surface area contributed by atoms with Crippen LogP contribution in [0.4, 0.5) is 0 Å². The smallest absolute Gasteiger partial charge is 0.253 e. The molecule has 3 heteroatoms. The molecule has 0 aromatic heterocycles. The van der Waals surface area contributed by atoms with E-state index in [0.29, 0.717) is 17.4 Å². The molecule has 21 heavy (non-hydrogen) atoms. The van der Waals surface area contributed by atoms with Crippen LogP contribution in [0.5, 0.6) is 5.75 Å². The van der Waals surface area contributed by atoms with Crippen molar-refractivity contribution in [2.45, 2.75) is 47.5 Å². The molecule has 0 spiro atoms. The van der Waals surface area contributed by atoms with Gasteiger partial charge in [0.25, 0.3) is 5.91 Å². The Labute approximate surface area is 129 Å². The number of hydrogen-bond acceptors (Lipinski definition) is 2. The fourth-order valence-corrected chi connectivity index (χ4v) is 2.07. The number of amides is 1. The molecule has 1 rings (SSSR count). The van der Waals surface area contributed by atoms with Crippen LogP contribution in [0.2, 0.25) is 0 Å². The molecule has 0 aliphatic rings. The van der Waals surface area contributed by atoms with E-state index >= 15 is 0 Å². The SMILES string of the molecule is Cc1ccc(C(=O)N(CCC(C)C)CCC(C)C)cc1O. The third kappa shape index (κ3) is 5.78. The first-order valence-electron chi connectivity index (χ1n) is 7.90. The van der Waals surface area contributed by atoms with E-state index in [9.17, 15) is 9.90 Å². The summed E-state index contributed by atoms with van der Waals surface area (Å²) in [6.45, 7) is 12.1. The Kier molecular flexibility index (Phi) is 6.73. The average Bonchev–Trinajstić information content (AvgIpc) is 2.40. The molecule has 1 aromatic carbocycles. The van der Waals surface area contributed by atoms with Crippen LogP contribution >= 0.6 is 0 Å². The van der Waals surface area contributed by atoms with Gasteiger partial charge in [0.05, 0.1) is 0 Å². The predicted molar refractivity (Wildman–Crippen MR) is 87.7 cm³/mol. The summed E-state index contributed by atoms with van der Waals surface area (Å²) in [5.74, 6) is 1.36. The fourth-order valence-electron chi connectivity index (χ4n) is 2.07. The van der Waals surface area contributed by atoms with Crippen molar-refractivity contribution in [3.63, 3.8) is 0 Å². The maximum Gasteiger partial charge on any atom is 0.253 e. The van der Waals surface area contributed by atoms with Crippen molar-refractivity contribution in [2.75, 3.05) is 13.1 Å². The van der Waals surface area contributed by atoms with E-state index in [0.717, 1.165) is 31.5 Å². The predicted octanol–water partition coefficient (Wildman–Crippen LogP) is 4.24. The Morgan fingerprint density at radius 2 is 1.62 bits per heavy atom. The molecule has 0 saturated heterocycles. The minimum atomic E-state index is 0.0200. The molecule has 0 unspecified atom stereocenters. The highest BCUT2D eigenvalue weighted by molar-refractivity contribution is 5.94. The highest BCUT2D eigenvalue weighted by Gasteiger charge is 2.17. The van der Waals surface area contributed by atoms with Gasteiger partial charge in [0.15, 0.2) is 0 Å². The van der Waals surface area contributed by atoms with Gasteiger partial charge in [-0.1, -0.05) is 33.8 Å². The highest BCUT2D eigenvalue weighted by atomic mass is 16.3. The number of carbonyl (C=O) groups is 1. The number of phenols is 1. The molecule has 0 saturated carbocycles. The fraction of sp³-hybridized carbons (Fsp3) is 0.611.